The van der Waals surface area contributed by atoms with Crippen LogP contribution in [-0.2, 0) is 9.47 Å². The SMILES string of the molecule is CCC(N)C(CO)OCC1CCOC1. The van der Waals surface area contributed by atoms with Gasteiger partial charge in [-0.3, -0.25) is 0 Å². The third-order valence-electron chi connectivity index (χ3n) is 2.70. The molecule has 0 aromatic rings. The van der Waals surface area contributed by atoms with Gasteiger partial charge in [-0.25, -0.2) is 0 Å². The van der Waals surface area contributed by atoms with Crippen LogP contribution in [0, 0.1) is 5.92 Å². The summed E-state index contributed by atoms with van der Waals surface area (Å²) in [6.45, 7) is 4.26. The van der Waals surface area contributed by atoms with Crippen molar-refractivity contribution in [1.82, 2.24) is 0 Å². The minimum Gasteiger partial charge on any atom is -0.394 e. The lowest BCUT2D eigenvalue weighted by atomic mass is 10.1. The van der Waals surface area contributed by atoms with Gasteiger partial charge in [0, 0.05) is 18.6 Å². The normalized spacial score (nSPS) is 26.4. The molecule has 0 saturated carbocycles. The maximum Gasteiger partial charge on any atom is 0.0956 e. The molecule has 1 heterocycles. The highest BCUT2D eigenvalue weighted by atomic mass is 16.5. The summed E-state index contributed by atoms with van der Waals surface area (Å²) < 4.78 is 10.8. The van der Waals surface area contributed by atoms with Crippen molar-refractivity contribution in [1.29, 1.82) is 0 Å². The number of ether oxygens (including phenoxy) is 2. The van der Waals surface area contributed by atoms with Crippen LogP contribution in [0.4, 0.5) is 0 Å². The van der Waals surface area contributed by atoms with Crippen molar-refractivity contribution in [2.24, 2.45) is 11.7 Å². The quantitative estimate of drug-likeness (QED) is 0.644. The van der Waals surface area contributed by atoms with Gasteiger partial charge in [-0.05, 0) is 12.8 Å². The van der Waals surface area contributed by atoms with E-state index in [0.717, 1.165) is 26.1 Å². The van der Waals surface area contributed by atoms with Gasteiger partial charge in [0.05, 0.1) is 25.9 Å². The Morgan fingerprint density at radius 1 is 1.64 bits per heavy atom. The lowest BCUT2D eigenvalue weighted by Crippen LogP contribution is -2.39. The summed E-state index contributed by atoms with van der Waals surface area (Å²) in [7, 11) is 0. The monoisotopic (exact) mass is 203 g/mol. The molecule has 14 heavy (non-hydrogen) atoms. The molecule has 3 atom stereocenters. The van der Waals surface area contributed by atoms with Crippen molar-refractivity contribution < 1.29 is 14.6 Å². The Kier molecular flexibility index (Phi) is 5.40. The number of aliphatic hydroxyl groups excluding tert-OH is 1. The number of aliphatic hydroxyl groups is 1. The topological polar surface area (TPSA) is 64.7 Å². The summed E-state index contributed by atoms with van der Waals surface area (Å²) in [6.07, 6.45) is 1.66. The van der Waals surface area contributed by atoms with Crippen molar-refractivity contribution in [3.05, 3.63) is 0 Å². The van der Waals surface area contributed by atoms with E-state index < -0.39 is 0 Å². The number of rotatable bonds is 6. The van der Waals surface area contributed by atoms with Crippen molar-refractivity contribution in [3.8, 4) is 0 Å². The van der Waals surface area contributed by atoms with Crippen LogP contribution in [0.15, 0.2) is 0 Å². The first kappa shape index (κ1) is 11.9. The van der Waals surface area contributed by atoms with Crippen LogP contribution in [0.25, 0.3) is 0 Å². The van der Waals surface area contributed by atoms with E-state index in [1.165, 1.54) is 0 Å². The Labute approximate surface area is 85.4 Å². The summed E-state index contributed by atoms with van der Waals surface area (Å²) >= 11 is 0. The fraction of sp³-hybridized carbons (Fsp3) is 1.00. The predicted octanol–water partition coefficient (Wildman–Crippen LogP) is 0.138. The van der Waals surface area contributed by atoms with E-state index in [2.05, 4.69) is 0 Å². The molecule has 1 aliphatic rings. The zero-order chi connectivity index (χ0) is 10.4. The van der Waals surface area contributed by atoms with Crippen LogP contribution in [0.2, 0.25) is 0 Å². The molecule has 0 aromatic carbocycles. The van der Waals surface area contributed by atoms with E-state index in [4.69, 9.17) is 20.3 Å². The van der Waals surface area contributed by atoms with E-state index >= 15 is 0 Å². The highest BCUT2D eigenvalue weighted by molar-refractivity contribution is 4.72. The average molecular weight is 203 g/mol. The smallest absolute Gasteiger partial charge is 0.0956 e. The average Bonchev–Trinajstić information content (AvgIpc) is 2.71. The summed E-state index contributed by atoms with van der Waals surface area (Å²) in [4.78, 5) is 0. The largest absolute Gasteiger partial charge is 0.394 e. The first-order valence-corrected chi connectivity index (χ1v) is 5.33. The van der Waals surface area contributed by atoms with Crippen molar-refractivity contribution in [3.63, 3.8) is 0 Å². The van der Waals surface area contributed by atoms with Gasteiger partial charge >= 0.3 is 0 Å². The van der Waals surface area contributed by atoms with E-state index in [9.17, 15) is 0 Å². The molecule has 0 aromatic heterocycles. The van der Waals surface area contributed by atoms with E-state index in [0.29, 0.717) is 12.5 Å². The second kappa shape index (κ2) is 6.35. The van der Waals surface area contributed by atoms with Crippen molar-refractivity contribution in [2.75, 3.05) is 26.4 Å². The highest BCUT2D eigenvalue weighted by Gasteiger charge is 2.20. The van der Waals surface area contributed by atoms with Crippen LogP contribution in [-0.4, -0.2) is 43.7 Å². The molecule has 0 aliphatic carbocycles. The summed E-state index contributed by atoms with van der Waals surface area (Å²) in [6, 6.07) is -0.0673. The maximum atomic E-state index is 9.07. The zero-order valence-corrected chi connectivity index (χ0v) is 8.82. The molecule has 0 amide bonds. The molecule has 0 spiro atoms. The van der Waals surface area contributed by atoms with Gasteiger partial charge in [0.1, 0.15) is 0 Å². The summed E-state index contributed by atoms with van der Waals surface area (Å²) in [5.74, 6) is 0.480. The van der Waals surface area contributed by atoms with Gasteiger partial charge in [0.25, 0.3) is 0 Å². The van der Waals surface area contributed by atoms with E-state index in [1.807, 2.05) is 6.92 Å². The first-order valence-electron chi connectivity index (χ1n) is 5.33. The van der Waals surface area contributed by atoms with Crippen molar-refractivity contribution in [2.45, 2.75) is 31.9 Å². The third-order valence-corrected chi connectivity index (χ3v) is 2.70. The van der Waals surface area contributed by atoms with Gasteiger partial charge in [-0.2, -0.15) is 0 Å². The minimum atomic E-state index is -0.222. The third kappa shape index (κ3) is 3.53. The number of hydrogen-bond donors (Lipinski definition) is 2. The second-order valence-corrected chi connectivity index (χ2v) is 3.86. The Bertz CT molecular complexity index is 148. The number of nitrogens with two attached hydrogens (primary N) is 1. The maximum absolute atomic E-state index is 9.07. The fourth-order valence-electron chi connectivity index (χ4n) is 1.55. The molecule has 1 fully saturated rings. The molecule has 4 nitrogen and oxygen atoms in total. The lowest BCUT2D eigenvalue weighted by Gasteiger charge is -2.22. The predicted molar refractivity (Wildman–Crippen MR) is 54.0 cm³/mol. The first-order chi connectivity index (χ1) is 6.77. The minimum absolute atomic E-state index is 0.00256. The van der Waals surface area contributed by atoms with Crippen LogP contribution >= 0.6 is 0 Å². The Morgan fingerprint density at radius 2 is 2.43 bits per heavy atom. The summed E-state index contributed by atoms with van der Waals surface area (Å²) in [5.41, 5.74) is 5.80. The molecule has 3 N–H and O–H groups in total. The van der Waals surface area contributed by atoms with Crippen LogP contribution in [0.5, 0.6) is 0 Å². The Morgan fingerprint density at radius 3 is 2.93 bits per heavy atom. The van der Waals surface area contributed by atoms with Crippen LogP contribution < -0.4 is 5.73 Å². The van der Waals surface area contributed by atoms with Gasteiger partial charge in [0.15, 0.2) is 0 Å². The molecule has 1 aliphatic heterocycles. The zero-order valence-electron chi connectivity index (χ0n) is 8.82. The second-order valence-electron chi connectivity index (χ2n) is 3.86. The van der Waals surface area contributed by atoms with Crippen LogP contribution in [0.3, 0.4) is 0 Å². The standard InChI is InChI=1S/C10H21NO3/c1-2-9(11)10(5-12)14-7-8-3-4-13-6-8/h8-10,12H,2-7,11H2,1H3. The molecule has 0 bridgehead atoms. The fourth-order valence-corrected chi connectivity index (χ4v) is 1.55. The van der Waals surface area contributed by atoms with E-state index in [-0.39, 0.29) is 18.8 Å². The molecule has 3 unspecified atom stereocenters. The van der Waals surface area contributed by atoms with Gasteiger partial charge < -0.3 is 20.3 Å². The lowest BCUT2D eigenvalue weighted by molar-refractivity contribution is -0.0200. The van der Waals surface area contributed by atoms with Crippen LogP contribution in [0.1, 0.15) is 19.8 Å². The molecular formula is C10H21NO3. The Hall–Kier alpha value is -0.160. The van der Waals surface area contributed by atoms with Gasteiger partial charge in [-0.1, -0.05) is 6.92 Å². The van der Waals surface area contributed by atoms with Gasteiger partial charge in [0.2, 0.25) is 0 Å². The highest BCUT2D eigenvalue weighted by Crippen LogP contribution is 2.14. The molecular weight excluding hydrogens is 182 g/mol. The molecule has 4 heteroatoms. The van der Waals surface area contributed by atoms with Gasteiger partial charge in [-0.15, -0.1) is 0 Å². The summed E-state index contributed by atoms with van der Waals surface area (Å²) in [5, 5.41) is 9.07. The number of hydrogen-bond acceptors (Lipinski definition) is 4. The molecule has 84 valence electrons. The van der Waals surface area contributed by atoms with Crippen molar-refractivity contribution >= 4 is 0 Å². The molecule has 1 rings (SSSR count). The Balaban J connectivity index is 2.19. The molecule has 1 saturated heterocycles. The van der Waals surface area contributed by atoms with E-state index in [1.54, 1.807) is 0 Å². The molecule has 0 radical (unpaired) electrons.